The van der Waals surface area contributed by atoms with Gasteiger partial charge in [0.15, 0.2) is 0 Å². The first-order chi connectivity index (χ1) is 14.1. The second-order valence-corrected chi connectivity index (χ2v) is 10.2. The number of anilines is 1. The summed E-state index contributed by atoms with van der Waals surface area (Å²) in [6.45, 7) is 8.27. The van der Waals surface area contributed by atoms with Crippen LogP contribution in [0.25, 0.3) is 0 Å². The van der Waals surface area contributed by atoms with E-state index in [0.29, 0.717) is 18.9 Å². The Morgan fingerprint density at radius 3 is 2.77 bits per heavy atom. The van der Waals surface area contributed by atoms with Crippen LogP contribution in [-0.4, -0.2) is 45.1 Å². The van der Waals surface area contributed by atoms with E-state index in [9.17, 15) is 9.66 Å². The Balaban J connectivity index is 2.31. The lowest BCUT2D eigenvalue weighted by atomic mass is 9.67. The summed E-state index contributed by atoms with van der Waals surface area (Å²) < 4.78 is 21.2. The number of hydrogen-bond acceptors (Lipinski definition) is 8. The highest BCUT2D eigenvalue weighted by Gasteiger charge is 2.35. The van der Waals surface area contributed by atoms with E-state index in [0.717, 1.165) is 31.2 Å². The van der Waals surface area contributed by atoms with Gasteiger partial charge in [-0.1, -0.05) is 26.7 Å². The van der Waals surface area contributed by atoms with E-state index in [1.54, 1.807) is 20.9 Å². The topological polar surface area (TPSA) is 126 Å². The largest absolute Gasteiger partial charge is 0.588 e. The molecule has 1 fully saturated rings. The minimum Gasteiger partial charge on any atom is -0.588 e. The second-order valence-electron chi connectivity index (χ2n) is 9.00. The molecule has 0 aliphatic heterocycles. The van der Waals surface area contributed by atoms with Crippen molar-refractivity contribution in [3.05, 3.63) is 22.9 Å². The number of nitrogens with zero attached hydrogens (tertiary/aromatic N) is 2. The number of aliphatic hydroxyl groups is 1. The molecule has 30 heavy (non-hydrogen) atoms. The van der Waals surface area contributed by atoms with Crippen LogP contribution in [0.15, 0.2) is 17.2 Å². The Hall–Kier alpha value is -1.84. The Morgan fingerprint density at radius 1 is 1.43 bits per heavy atom. The summed E-state index contributed by atoms with van der Waals surface area (Å²) in [5.74, 6) is 0.836. The molecule has 4 N–H and O–H groups in total. The molecule has 0 saturated heterocycles. The molecule has 2 rings (SSSR count). The number of hydrogen-bond donors (Lipinski definition) is 4. The maximum Gasteiger partial charge on any atom is 0.269 e. The fraction of sp³-hybridized carbons (Fsp3) is 0.667. The molecule has 9 heteroatoms. The summed E-state index contributed by atoms with van der Waals surface area (Å²) in [7, 11) is 1.68. The van der Waals surface area contributed by atoms with Gasteiger partial charge in [0.2, 0.25) is 10.8 Å². The quantitative estimate of drug-likeness (QED) is 0.326. The Morgan fingerprint density at radius 2 is 2.17 bits per heavy atom. The molecule has 2 atom stereocenters. The SMILES string of the molecule is CN/C=C(\C=N)[S+]([O-])Nc1nc(OCCC(C)(C)O)cc(C2CCCCC2(C)C)n1. The number of ether oxygens (including phenoxy) is 1. The van der Waals surface area contributed by atoms with Crippen molar-refractivity contribution in [1.29, 1.82) is 5.41 Å². The van der Waals surface area contributed by atoms with E-state index in [1.165, 1.54) is 12.6 Å². The molecule has 1 heterocycles. The molecule has 2 unspecified atom stereocenters. The van der Waals surface area contributed by atoms with Crippen LogP contribution in [0.3, 0.4) is 0 Å². The van der Waals surface area contributed by atoms with Gasteiger partial charge in [0.1, 0.15) is 11.4 Å². The fourth-order valence-electron chi connectivity index (χ4n) is 3.62. The van der Waals surface area contributed by atoms with Crippen LogP contribution in [0.2, 0.25) is 0 Å². The monoisotopic (exact) mass is 437 g/mol. The van der Waals surface area contributed by atoms with Crippen molar-refractivity contribution >= 4 is 23.5 Å². The third-order valence-electron chi connectivity index (χ3n) is 5.38. The molecule has 168 valence electrons. The van der Waals surface area contributed by atoms with Crippen LogP contribution in [0.4, 0.5) is 5.95 Å². The van der Waals surface area contributed by atoms with Crippen LogP contribution in [-0.2, 0) is 11.4 Å². The molecule has 1 aromatic heterocycles. The standard InChI is InChI=1S/C21H35N5O3S/c1-20(2)9-7-6-8-16(20)17-12-18(29-11-10-21(3,4)27)25-19(24-17)26-30(28)15(13-22)14-23-5/h12-14,16,22-23,27H,6-11H2,1-5H3,(H,24,25,26)/b15-14+,22-13?. The van der Waals surface area contributed by atoms with Crippen LogP contribution in [0, 0.1) is 10.8 Å². The van der Waals surface area contributed by atoms with Gasteiger partial charge in [0, 0.05) is 25.5 Å². The lowest BCUT2D eigenvalue weighted by Gasteiger charge is -2.38. The molecule has 0 aromatic carbocycles. The second kappa shape index (κ2) is 10.5. The van der Waals surface area contributed by atoms with Crippen LogP contribution in [0.5, 0.6) is 5.88 Å². The highest BCUT2D eigenvalue weighted by Crippen LogP contribution is 2.46. The van der Waals surface area contributed by atoms with Crippen LogP contribution < -0.4 is 14.8 Å². The van der Waals surface area contributed by atoms with Gasteiger partial charge in [-0.15, -0.1) is 0 Å². The highest BCUT2D eigenvalue weighted by molar-refractivity contribution is 7.97. The first-order valence-corrected chi connectivity index (χ1v) is 11.5. The predicted molar refractivity (Wildman–Crippen MR) is 121 cm³/mol. The lowest BCUT2D eigenvalue weighted by Crippen LogP contribution is -2.27. The molecule has 1 aliphatic rings. The lowest BCUT2D eigenvalue weighted by molar-refractivity contribution is 0.0546. The fourth-order valence-corrected chi connectivity index (χ4v) is 4.33. The Labute approximate surface area is 182 Å². The molecule has 0 spiro atoms. The minimum atomic E-state index is -1.68. The number of allylic oxidation sites excluding steroid dienone is 1. The highest BCUT2D eigenvalue weighted by atomic mass is 32.2. The number of nitrogens with one attached hydrogen (secondary N) is 3. The first kappa shape index (κ1) is 24.4. The van der Waals surface area contributed by atoms with E-state index in [-0.39, 0.29) is 22.2 Å². The van der Waals surface area contributed by atoms with E-state index in [2.05, 4.69) is 33.9 Å². The molecule has 0 radical (unpaired) electrons. The molecule has 0 amide bonds. The van der Waals surface area contributed by atoms with Crippen molar-refractivity contribution in [1.82, 2.24) is 15.3 Å². The molecular weight excluding hydrogens is 402 g/mol. The zero-order valence-electron chi connectivity index (χ0n) is 18.6. The van der Waals surface area contributed by atoms with Crippen molar-refractivity contribution in [2.24, 2.45) is 5.41 Å². The summed E-state index contributed by atoms with van der Waals surface area (Å²) in [6.07, 6.45) is 7.47. The van der Waals surface area contributed by atoms with Gasteiger partial charge in [-0.2, -0.15) is 9.71 Å². The summed E-state index contributed by atoms with van der Waals surface area (Å²) in [5.41, 5.74) is 0.126. The van der Waals surface area contributed by atoms with Gasteiger partial charge < -0.3 is 25.1 Å². The zero-order chi connectivity index (χ0) is 22.4. The van der Waals surface area contributed by atoms with Gasteiger partial charge in [-0.3, -0.25) is 0 Å². The molecule has 8 nitrogen and oxygen atoms in total. The van der Waals surface area contributed by atoms with E-state index < -0.39 is 17.0 Å². The molecule has 1 saturated carbocycles. The molecule has 0 bridgehead atoms. The van der Waals surface area contributed by atoms with Gasteiger partial charge >= 0.3 is 0 Å². The molecule has 1 aromatic rings. The summed E-state index contributed by atoms with van der Waals surface area (Å²) in [6, 6.07) is 1.86. The maximum absolute atomic E-state index is 12.6. The van der Waals surface area contributed by atoms with Crippen molar-refractivity contribution in [3.63, 3.8) is 0 Å². The predicted octanol–water partition coefficient (Wildman–Crippen LogP) is 3.49. The van der Waals surface area contributed by atoms with Crippen molar-refractivity contribution < 1.29 is 14.4 Å². The average Bonchev–Trinajstić information content (AvgIpc) is 2.64. The van der Waals surface area contributed by atoms with Crippen molar-refractivity contribution in [2.75, 3.05) is 18.4 Å². The summed E-state index contributed by atoms with van der Waals surface area (Å²) in [4.78, 5) is 9.30. The van der Waals surface area contributed by atoms with E-state index in [4.69, 9.17) is 10.1 Å². The van der Waals surface area contributed by atoms with Crippen LogP contribution >= 0.6 is 0 Å². The molecular formula is C21H35N5O3S. The maximum atomic E-state index is 12.6. The van der Waals surface area contributed by atoms with E-state index >= 15 is 0 Å². The van der Waals surface area contributed by atoms with Gasteiger partial charge in [0.25, 0.3) is 5.95 Å². The van der Waals surface area contributed by atoms with E-state index in [1.807, 2.05) is 6.07 Å². The smallest absolute Gasteiger partial charge is 0.269 e. The average molecular weight is 438 g/mol. The Kier molecular flexibility index (Phi) is 8.52. The number of rotatable bonds is 10. The third-order valence-corrected chi connectivity index (χ3v) is 6.41. The summed E-state index contributed by atoms with van der Waals surface area (Å²) >= 11 is -1.68. The number of aromatic nitrogens is 2. The summed E-state index contributed by atoms with van der Waals surface area (Å²) in [5, 5.41) is 20.2. The van der Waals surface area contributed by atoms with Gasteiger partial charge in [-0.25, -0.2) is 4.98 Å². The zero-order valence-corrected chi connectivity index (χ0v) is 19.4. The third kappa shape index (κ3) is 7.14. The minimum absolute atomic E-state index is 0.0968. The van der Waals surface area contributed by atoms with Gasteiger partial charge in [-0.05, 0) is 32.1 Å². The van der Waals surface area contributed by atoms with Crippen molar-refractivity contribution in [3.8, 4) is 5.88 Å². The van der Waals surface area contributed by atoms with Crippen LogP contribution in [0.1, 0.15) is 71.4 Å². The van der Waals surface area contributed by atoms with Gasteiger partial charge in [0.05, 0.1) is 30.3 Å². The Bertz CT molecular complexity index is 749. The molecule has 1 aliphatic carbocycles. The van der Waals surface area contributed by atoms with Crippen molar-refractivity contribution in [2.45, 2.75) is 71.3 Å². The first-order valence-electron chi connectivity index (χ1n) is 10.4. The normalized spacial score (nSPS) is 20.4.